The molecule has 0 atom stereocenters. The Morgan fingerprint density at radius 2 is 2.05 bits per heavy atom. The zero-order valence-electron chi connectivity index (χ0n) is 11.0. The van der Waals surface area contributed by atoms with Gasteiger partial charge >= 0.3 is 0 Å². The third-order valence-electron chi connectivity index (χ3n) is 3.07. The third kappa shape index (κ3) is 3.62. The second kappa shape index (κ2) is 7.01. The van der Waals surface area contributed by atoms with Crippen molar-refractivity contribution in [2.45, 2.75) is 25.8 Å². The van der Waals surface area contributed by atoms with Crippen LogP contribution in [0.3, 0.4) is 0 Å². The molecule has 0 aliphatic rings. The molecule has 0 saturated carbocycles. The first-order valence-electron chi connectivity index (χ1n) is 6.66. The normalized spacial score (nSPS) is 11.2. The monoisotopic (exact) mass is 265 g/mol. The molecule has 0 saturated heterocycles. The molecule has 5 N–H and O–H groups in total. The van der Waals surface area contributed by atoms with Crippen LogP contribution in [0.25, 0.3) is 11.2 Å². The Kier molecular flexibility index (Phi) is 5.05. The van der Waals surface area contributed by atoms with Gasteiger partial charge in [-0.05, 0) is 19.3 Å². The lowest BCUT2D eigenvalue weighted by atomic mass is 10.2. The highest BCUT2D eigenvalue weighted by Crippen LogP contribution is 2.13. The van der Waals surface area contributed by atoms with Crippen molar-refractivity contribution in [3.05, 3.63) is 12.7 Å². The summed E-state index contributed by atoms with van der Waals surface area (Å²) in [4.78, 5) is 12.4. The summed E-state index contributed by atoms with van der Waals surface area (Å²) in [5.74, 6) is 0.428. The van der Waals surface area contributed by atoms with Gasteiger partial charge in [-0.2, -0.15) is 0 Å². The first-order chi connectivity index (χ1) is 9.33. The van der Waals surface area contributed by atoms with E-state index in [0.717, 1.165) is 44.5 Å². The minimum atomic E-state index is 0.294. The molecule has 2 heterocycles. The summed E-state index contributed by atoms with van der Waals surface area (Å²) in [5.41, 5.74) is 7.20. The number of hydrogen-bond acceptors (Lipinski definition) is 5. The first-order valence-corrected chi connectivity index (χ1v) is 6.66. The number of aliphatic hydroxyl groups excluding tert-OH is 1. The van der Waals surface area contributed by atoms with E-state index in [1.54, 1.807) is 6.33 Å². The summed E-state index contributed by atoms with van der Waals surface area (Å²) in [7, 11) is 0. The number of hydrogen-bond donors (Lipinski definition) is 3. The topological polar surface area (TPSA) is 106 Å². The Labute approximate surface area is 111 Å². The van der Waals surface area contributed by atoms with Crippen molar-refractivity contribution in [1.82, 2.24) is 19.5 Å². The molecular weight excluding hydrogens is 244 g/mol. The fourth-order valence-corrected chi connectivity index (χ4v) is 2.01. The van der Waals surface area contributed by atoms with Gasteiger partial charge in [-0.1, -0.05) is 0 Å². The SMILES string of the molecule is Nc1ncnc2c1ncn2CC[NH2+]CCCCCO. The maximum absolute atomic E-state index is 8.67. The van der Waals surface area contributed by atoms with Gasteiger partial charge in [0.1, 0.15) is 11.8 Å². The number of anilines is 1. The standard InChI is InChI=1S/C12H20N6O/c13-11-10-12(16-8-15-11)18(9-17-10)6-5-14-4-2-1-3-7-19/h8-9,14,19H,1-7H2,(H2,13,15,16)/p+1. The second-order valence-electron chi connectivity index (χ2n) is 4.52. The largest absolute Gasteiger partial charge is 0.396 e. The number of nitrogens with two attached hydrogens (primary N) is 2. The number of aliphatic hydroxyl groups is 1. The molecule has 0 fully saturated rings. The first kappa shape index (κ1) is 13.7. The molecule has 0 unspecified atom stereocenters. The minimum Gasteiger partial charge on any atom is -0.396 e. The van der Waals surface area contributed by atoms with E-state index in [-0.39, 0.29) is 0 Å². The number of rotatable bonds is 8. The number of quaternary nitrogens is 1. The quantitative estimate of drug-likeness (QED) is 0.538. The second-order valence-corrected chi connectivity index (χ2v) is 4.52. The molecule has 0 aromatic carbocycles. The predicted octanol–water partition coefficient (Wildman–Crippen LogP) is -0.865. The van der Waals surface area contributed by atoms with Crippen molar-refractivity contribution in [2.75, 3.05) is 25.4 Å². The van der Waals surface area contributed by atoms with Gasteiger partial charge in [-0.3, -0.25) is 0 Å². The Hall–Kier alpha value is -1.73. The maximum atomic E-state index is 8.67. The van der Waals surface area contributed by atoms with E-state index in [2.05, 4.69) is 20.3 Å². The lowest BCUT2D eigenvalue weighted by Gasteiger charge is -2.03. The van der Waals surface area contributed by atoms with Crippen molar-refractivity contribution < 1.29 is 10.4 Å². The number of fused-ring (bicyclic) bond motifs is 1. The van der Waals surface area contributed by atoms with Crippen molar-refractivity contribution in [3.8, 4) is 0 Å². The molecule has 0 radical (unpaired) electrons. The highest BCUT2D eigenvalue weighted by molar-refractivity contribution is 5.80. The van der Waals surface area contributed by atoms with Crippen molar-refractivity contribution in [1.29, 1.82) is 0 Å². The molecule has 7 heteroatoms. The van der Waals surface area contributed by atoms with E-state index in [1.807, 2.05) is 4.57 Å². The van der Waals surface area contributed by atoms with Crippen LogP contribution in [0.5, 0.6) is 0 Å². The van der Waals surface area contributed by atoms with E-state index in [4.69, 9.17) is 10.8 Å². The molecule has 0 bridgehead atoms. The molecule has 2 aromatic heterocycles. The molecular formula is C12H21N6O+. The fourth-order valence-electron chi connectivity index (χ4n) is 2.01. The van der Waals surface area contributed by atoms with E-state index < -0.39 is 0 Å². The molecule has 19 heavy (non-hydrogen) atoms. The lowest BCUT2D eigenvalue weighted by Crippen LogP contribution is -2.85. The molecule has 7 nitrogen and oxygen atoms in total. The summed E-state index contributed by atoms with van der Waals surface area (Å²) >= 11 is 0. The number of imidazole rings is 1. The van der Waals surface area contributed by atoms with Crippen LogP contribution in [-0.2, 0) is 6.54 Å². The predicted molar refractivity (Wildman–Crippen MR) is 72.3 cm³/mol. The van der Waals surface area contributed by atoms with E-state index >= 15 is 0 Å². The van der Waals surface area contributed by atoms with Gasteiger partial charge in [0, 0.05) is 6.61 Å². The van der Waals surface area contributed by atoms with Gasteiger partial charge in [0.15, 0.2) is 11.5 Å². The number of nitrogen functional groups attached to an aromatic ring is 1. The summed E-state index contributed by atoms with van der Waals surface area (Å²) < 4.78 is 2.00. The zero-order chi connectivity index (χ0) is 13.5. The smallest absolute Gasteiger partial charge is 0.165 e. The summed E-state index contributed by atoms with van der Waals surface area (Å²) in [6.45, 7) is 3.22. The highest BCUT2D eigenvalue weighted by atomic mass is 16.2. The minimum absolute atomic E-state index is 0.294. The van der Waals surface area contributed by atoms with Crippen molar-refractivity contribution in [3.63, 3.8) is 0 Å². The van der Waals surface area contributed by atoms with Gasteiger partial charge in [0.25, 0.3) is 0 Å². The van der Waals surface area contributed by atoms with Gasteiger partial charge in [0.2, 0.25) is 0 Å². The Morgan fingerprint density at radius 3 is 2.89 bits per heavy atom. The van der Waals surface area contributed by atoms with Gasteiger partial charge in [-0.25, -0.2) is 15.0 Å². The number of nitrogens with zero attached hydrogens (tertiary/aromatic N) is 4. The summed E-state index contributed by atoms with van der Waals surface area (Å²) in [6.07, 6.45) is 6.35. The summed E-state index contributed by atoms with van der Waals surface area (Å²) in [6, 6.07) is 0. The van der Waals surface area contributed by atoms with Crippen LogP contribution >= 0.6 is 0 Å². The van der Waals surface area contributed by atoms with Crippen LogP contribution in [0.1, 0.15) is 19.3 Å². The average Bonchev–Trinajstić information content (AvgIpc) is 2.83. The molecule has 2 rings (SSSR count). The van der Waals surface area contributed by atoms with Gasteiger partial charge < -0.3 is 20.7 Å². The van der Waals surface area contributed by atoms with Crippen molar-refractivity contribution >= 4 is 17.0 Å². The van der Waals surface area contributed by atoms with Crippen LogP contribution in [0.2, 0.25) is 0 Å². The van der Waals surface area contributed by atoms with Gasteiger partial charge in [-0.15, -0.1) is 0 Å². The van der Waals surface area contributed by atoms with Gasteiger partial charge in [0.05, 0.1) is 26.0 Å². The van der Waals surface area contributed by atoms with Crippen LogP contribution < -0.4 is 11.1 Å². The van der Waals surface area contributed by atoms with Crippen LogP contribution in [0.4, 0.5) is 5.82 Å². The molecule has 0 spiro atoms. The fraction of sp³-hybridized carbons (Fsp3) is 0.583. The Morgan fingerprint density at radius 1 is 1.16 bits per heavy atom. The van der Waals surface area contributed by atoms with Crippen LogP contribution in [-0.4, -0.2) is 44.3 Å². The maximum Gasteiger partial charge on any atom is 0.165 e. The summed E-state index contributed by atoms with van der Waals surface area (Å²) in [5, 5.41) is 10.9. The van der Waals surface area contributed by atoms with Crippen LogP contribution in [0.15, 0.2) is 12.7 Å². The Bertz CT molecular complexity index is 512. The molecule has 0 amide bonds. The molecule has 2 aromatic rings. The molecule has 0 aliphatic carbocycles. The molecule has 0 aliphatic heterocycles. The number of aromatic nitrogens is 4. The average molecular weight is 265 g/mol. The van der Waals surface area contributed by atoms with E-state index in [0.29, 0.717) is 17.9 Å². The van der Waals surface area contributed by atoms with E-state index in [9.17, 15) is 0 Å². The lowest BCUT2D eigenvalue weighted by molar-refractivity contribution is -0.656. The van der Waals surface area contributed by atoms with E-state index in [1.165, 1.54) is 6.33 Å². The van der Waals surface area contributed by atoms with Crippen molar-refractivity contribution in [2.24, 2.45) is 0 Å². The highest BCUT2D eigenvalue weighted by Gasteiger charge is 2.07. The Balaban J connectivity index is 1.77. The number of unbranched alkanes of at least 4 members (excludes halogenated alkanes) is 2. The van der Waals surface area contributed by atoms with Crippen LogP contribution in [0, 0.1) is 0 Å². The molecule has 104 valence electrons. The zero-order valence-corrected chi connectivity index (χ0v) is 11.0. The third-order valence-corrected chi connectivity index (χ3v) is 3.07.